The maximum atomic E-state index is 12.8. The lowest BCUT2D eigenvalue weighted by molar-refractivity contribution is 0.0549. The van der Waals surface area contributed by atoms with Crippen LogP contribution in [0.25, 0.3) is 0 Å². The number of rotatable bonds is 5. The number of nitrogens with one attached hydrogen (secondary N) is 1. The predicted molar refractivity (Wildman–Crippen MR) is 96.8 cm³/mol. The molecule has 4 rings (SSSR count). The first-order valence-corrected chi connectivity index (χ1v) is 9.63. The van der Waals surface area contributed by atoms with E-state index in [1.165, 1.54) is 4.90 Å². The monoisotopic (exact) mass is 355 g/mol. The van der Waals surface area contributed by atoms with Crippen molar-refractivity contribution < 1.29 is 14.4 Å². The van der Waals surface area contributed by atoms with E-state index >= 15 is 0 Å². The van der Waals surface area contributed by atoms with E-state index < -0.39 is 0 Å². The second-order valence-electron chi connectivity index (χ2n) is 7.69. The molecule has 0 spiro atoms. The summed E-state index contributed by atoms with van der Waals surface area (Å²) in [7, 11) is 0. The van der Waals surface area contributed by atoms with Crippen molar-refractivity contribution >= 4 is 17.7 Å². The van der Waals surface area contributed by atoms with Crippen molar-refractivity contribution in [2.45, 2.75) is 57.0 Å². The Labute approximate surface area is 153 Å². The molecule has 2 aliphatic carbocycles. The number of imide groups is 1. The fourth-order valence-electron chi connectivity index (χ4n) is 4.19. The van der Waals surface area contributed by atoms with Crippen molar-refractivity contribution in [3.05, 3.63) is 34.9 Å². The summed E-state index contributed by atoms with van der Waals surface area (Å²) in [5, 5.41) is 2.96. The third-order valence-electron chi connectivity index (χ3n) is 5.88. The van der Waals surface area contributed by atoms with E-state index in [0.717, 1.165) is 44.9 Å². The Kier molecular flexibility index (Phi) is 4.53. The first kappa shape index (κ1) is 17.2. The van der Waals surface area contributed by atoms with Crippen molar-refractivity contribution in [3.8, 4) is 0 Å². The molecule has 0 aromatic heterocycles. The van der Waals surface area contributed by atoms with Crippen LogP contribution in [0.5, 0.6) is 0 Å². The molecule has 0 radical (unpaired) electrons. The molecule has 26 heavy (non-hydrogen) atoms. The van der Waals surface area contributed by atoms with Gasteiger partial charge in [-0.1, -0.05) is 19.3 Å². The molecule has 0 saturated heterocycles. The third kappa shape index (κ3) is 3.03. The van der Waals surface area contributed by atoms with Crippen LogP contribution >= 0.6 is 0 Å². The zero-order valence-corrected chi connectivity index (χ0v) is 14.9. The number of amides is 3. The van der Waals surface area contributed by atoms with E-state index in [9.17, 15) is 14.4 Å². The number of hydrogen-bond acceptors (Lipinski definition) is 4. The quantitative estimate of drug-likeness (QED) is 0.791. The van der Waals surface area contributed by atoms with Gasteiger partial charge in [0.25, 0.3) is 17.7 Å². The van der Waals surface area contributed by atoms with E-state index in [1.807, 2.05) is 0 Å². The number of carbonyl (C=O) groups excluding carboxylic acids is 3. The fourth-order valence-corrected chi connectivity index (χ4v) is 4.19. The Morgan fingerprint density at radius 3 is 2.42 bits per heavy atom. The summed E-state index contributed by atoms with van der Waals surface area (Å²) in [5.41, 5.74) is 6.93. The Morgan fingerprint density at radius 1 is 1.08 bits per heavy atom. The van der Waals surface area contributed by atoms with Gasteiger partial charge in [-0.2, -0.15) is 0 Å². The Morgan fingerprint density at radius 2 is 1.77 bits per heavy atom. The maximum Gasteiger partial charge on any atom is 0.261 e. The molecule has 3 amide bonds. The second kappa shape index (κ2) is 6.83. The molecule has 3 N–H and O–H groups in total. The highest BCUT2D eigenvalue weighted by molar-refractivity contribution is 6.22. The largest absolute Gasteiger partial charge is 0.348 e. The molecular formula is C20H25N3O3. The lowest BCUT2D eigenvalue weighted by atomic mass is 9.94. The Bertz CT molecular complexity index is 751. The molecule has 3 aliphatic rings. The van der Waals surface area contributed by atoms with Gasteiger partial charge in [-0.15, -0.1) is 0 Å². The van der Waals surface area contributed by atoms with Crippen molar-refractivity contribution in [1.82, 2.24) is 10.2 Å². The normalized spacial score (nSPS) is 21.7. The first-order chi connectivity index (χ1) is 12.6. The van der Waals surface area contributed by atoms with Crippen LogP contribution in [-0.2, 0) is 0 Å². The van der Waals surface area contributed by atoms with Crippen LogP contribution in [0.15, 0.2) is 18.2 Å². The fraction of sp³-hybridized carbons (Fsp3) is 0.550. The van der Waals surface area contributed by atoms with Gasteiger partial charge >= 0.3 is 0 Å². The van der Waals surface area contributed by atoms with Gasteiger partial charge in [-0.3, -0.25) is 19.3 Å². The van der Waals surface area contributed by atoms with Crippen molar-refractivity contribution in [3.63, 3.8) is 0 Å². The van der Waals surface area contributed by atoms with Crippen molar-refractivity contribution in [2.75, 3.05) is 6.54 Å². The van der Waals surface area contributed by atoms with Gasteiger partial charge in [-0.05, 0) is 49.8 Å². The average Bonchev–Trinajstić information content (AvgIpc) is 3.48. The molecule has 1 atom stereocenters. The topological polar surface area (TPSA) is 92.5 Å². The van der Waals surface area contributed by atoms with Crippen molar-refractivity contribution in [2.24, 2.45) is 11.7 Å². The van der Waals surface area contributed by atoms with Crippen LogP contribution in [0.2, 0.25) is 0 Å². The van der Waals surface area contributed by atoms with Gasteiger partial charge in [0.15, 0.2) is 0 Å². The van der Waals surface area contributed by atoms with E-state index in [-0.39, 0.29) is 29.8 Å². The number of carbonyl (C=O) groups is 3. The summed E-state index contributed by atoms with van der Waals surface area (Å²) < 4.78 is 0. The van der Waals surface area contributed by atoms with Gasteiger partial charge in [0.2, 0.25) is 0 Å². The molecule has 6 heteroatoms. The highest BCUT2D eigenvalue weighted by Gasteiger charge is 2.40. The Balaban J connectivity index is 1.54. The minimum atomic E-state index is -0.260. The molecule has 1 aromatic rings. The summed E-state index contributed by atoms with van der Waals surface area (Å²) in [4.78, 5) is 39.5. The molecular weight excluding hydrogens is 330 g/mol. The molecule has 138 valence electrons. The summed E-state index contributed by atoms with van der Waals surface area (Å²) in [6.07, 6.45) is 7.19. The summed E-state index contributed by atoms with van der Waals surface area (Å²) in [5.74, 6) is -0.249. The summed E-state index contributed by atoms with van der Waals surface area (Å²) >= 11 is 0. The van der Waals surface area contributed by atoms with Crippen LogP contribution in [0.3, 0.4) is 0 Å². The van der Waals surface area contributed by atoms with Crippen LogP contribution in [-0.4, -0.2) is 41.2 Å². The summed E-state index contributed by atoms with van der Waals surface area (Å²) in [6, 6.07) is 4.78. The molecule has 6 nitrogen and oxygen atoms in total. The third-order valence-corrected chi connectivity index (χ3v) is 5.88. The highest BCUT2D eigenvalue weighted by Crippen LogP contribution is 2.33. The number of hydrogen-bond donors (Lipinski definition) is 2. The average molecular weight is 355 g/mol. The van der Waals surface area contributed by atoms with Gasteiger partial charge in [-0.25, -0.2) is 0 Å². The van der Waals surface area contributed by atoms with Gasteiger partial charge < -0.3 is 11.1 Å². The van der Waals surface area contributed by atoms with E-state index in [4.69, 9.17) is 5.73 Å². The molecule has 2 fully saturated rings. The number of nitrogens with zero attached hydrogens (tertiary/aromatic N) is 1. The lowest BCUT2D eigenvalue weighted by Gasteiger charge is -2.29. The molecule has 0 bridgehead atoms. The van der Waals surface area contributed by atoms with Crippen LogP contribution in [0.4, 0.5) is 0 Å². The minimum Gasteiger partial charge on any atom is -0.348 e. The SMILES string of the molecule is NCC(NC(=O)c1ccc2c(c1)C(=O)N(C1CCCCC1)C2=O)C1CC1. The highest BCUT2D eigenvalue weighted by atomic mass is 16.2. The molecule has 1 unspecified atom stereocenters. The smallest absolute Gasteiger partial charge is 0.261 e. The number of benzene rings is 1. The zero-order chi connectivity index (χ0) is 18.3. The van der Waals surface area contributed by atoms with Crippen LogP contribution in [0, 0.1) is 5.92 Å². The minimum absolute atomic E-state index is 0.00934. The number of fused-ring (bicyclic) bond motifs is 1. The summed E-state index contributed by atoms with van der Waals surface area (Å²) in [6.45, 7) is 0.411. The lowest BCUT2D eigenvalue weighted by Crippen LogP contribution is -2.41. The molecule has 1 aromatic carbocycles. The van der Waals surface area contributed by atoms with Gasteiger partial charge in [0.1, 0.15) is 0 Å². The number of nitrogens with two attached hydrogens (primary N) is 1. The zero-order valence-electron chi connectivity index (χ0n) is 14.9. The van der Waals surface area contributed by atoms with E-state index in [2.05, 4.69) is 5.32 Å². The first-order valence-electron chi connectivity index (χ1n) is 9.63. The molecule has 1 aliphatic heterocycles. The van der Waals surface area contributed by atoms with Gasteiger partial charge in [0, 0.05) is 24.2 Å². The standard InChI is InChI=1S/C20H25N3O3/c21-11-17(12-6-7-12)22-18(24)13-8-9-15-16(10-13)20(26)23(19(15)25)14-4-2-1-3-5-14/h8-10,12,14,17H,1-7,11,21H2,(H,22,24). The van der Waals surface area contributed by atoms with Crippen LogP contribution in [0.1, 0.15) is 76.0 Å². The van der Waals surface area contributed by atoms with E-state index in [1.54, 1.807) is 18.2 Å². The molecule has 2 saturated carbocycles. The predicted octanol–water partition coefficient (Wildman–Crippen LogP) is 2.08. The maximum absolute atomic E-state index is 12.8. The second-order valence-corrected chi connectivity index (χ2v) is 7.69. The van der Waals surface area contributed by atoms with Crippen molar-refractivity contribution in [1.29, 1.82) is 0 Å². The van der Waals surface area contributed by atoms with Gasteiger partial charge in [0.05, 0.1) is 11.1 Å². The Hall–Kier alpha value is -2.21. The molecule has 1 heterocycles. The van der Waals surface area contributed by atoms with E-state index in [0.29, 0.717) is 29.2 Å². The van der Waals surface area contributed by atoms with Crippen LogP contribution < -0.4 is 11.1 Å².